The molecule has 1 aliphatic carbocycles. The van der Waals surface area contributed by atoms with Crippen LogP contribution in [-0.4, -0.2) is 6.04 Å². The summed E-state index contributed by atoms with van der Waals surface area (Å²) in [4.78, 5) is 0. The highest BCUT2D eigenvalue weighted by Crippen LogP contribution is 2.47. The molecule has 20 heavy (non-hydrogen) atoms. The Morgan fingerprint density at radius 1 is 1.20 bits per heavy atom. The highest BCUT2D eigenvalue weighted by molar-refractivity contribution is 7.07. The van der Waals surface area contributed by atoms with Crippen LogP contribution in [0.3, 0.4) is 0 Å². The first-order valence-corrected chi connectivity index (χ1v) is 8.32. The summed E-state index contributed by atoms with van der Waals surface area (Å²) < 4.78 is 0. The van der Waals surface area contributed by atoms with Crippen molar-refractivity contribution in [1.29, 1.82) is 0 Å². The summed E-state index contributed by atoms with van der Waals surface area (Å²) >= 11 is 1.77. The third-order valence-electron chi connectivity index (χ3n) is 4.76. The second-order valence-corrected chi connectivity index (χ2v) is 6.55. The van der Waals surface area contributed by atoms with Gasteiger partial charge in [-0.3, -0.25) is 11.3 Å². The molecular weight excluding hydrogens is 264 g/mol. The minimum atomic E-state index is 0.242. The van der Waals surface area contributed by atoms with Crippen molar-refractivity contribution in [1.82, 2.24) is 5.43 Å². The van der Waals surface area contributed by atoms with E-state index in [-0.39, 0.29) is 5.41 Å². The Morgan fingerprint density at radius 2 is 2.00 bits per heavy atom. The lowest BCUT2D eigenvalue weighted by Gasteiger charge is -2.48. The van der Waals surface area contributed by atoms with Gasteiger partial charge in [-0.15, -0.1) is 0 Å². The predicted octanol–water partition coefficient (Wildman–Crippen LogP) is 3.63. The van der Waals surface area contributed by atoms with E-state index in [9.17, 15) is 0 Å². The number of rotatable bonds is 6. The maximum atomic E-state index is 5.90. The molecule has 1 unspecified atom stereocenters. The largest absolute Gasteiger partial charge is 0.271 e. The molecule has 0 amide bonds. The Labute approximate surface area is 125 Å². The molecule has 1 aliphatic rings. The molecule has 1 atom stereocenters. The van der Waals surface area contributed by atoms with Crippen LogP contribution < -0.4 is 11.3 Å². The Kier molecular flexibility index (Phi) is 4.20. The van der Waals surface area contributed by atoms with E-state index in [4.69, 9.17) is 5.84 Å². The number of nitrogens with two attached hydrogens (primary N) is 1. The van der Waals surface area contributed by atoms with E-state index in [1.165, 1.54) is 30.4 Å². The van der Waals surface area contributed by atoms with E-state index in [1.54, 1.807) is 11.3 Å². The van der Waals surface area contributed by atoms with Gasteiger partial charge in [0.05, 0.1) is 0 Å². The third kappa shape index (κ3) is 2.53. The molecule has 1 saturated carbocycles. The van der Waals surface area contributed by atoms with Crippen LogP contribution in [0.2, 0.25) is 0 Å². The Bertz CT molecular complexity index is 517. The first-order valence-electron chi connectivity index (χ1n) is 7.38. The number of thiophene rings is 1. The summed E-state index contributed by atoms with van der Waals surface area (Å²) in [7, 11) is 0. The van der Waals surface area contributed by atoms with Crippen molar-refractivity contribution in [3.05, 3.63) is 58.3 Å². The fourth-order valence-electron chi connectivity index (χ4n) is 3.43. The van der Waals surface area contributed by atoms with Crippen molar-refractivity contribution in [3.63, 3.8) is 0 Å². The molecule has 0 saturated heterocycles. The zero-order valence-corrected chi connectivity index (χ0v) is 12.5. The predicted molar refractivity (Wildman–Crippen MR) is 85.7 cm³/mol. The van der Waals surface area contributed by atoms with Crippen LogP contribution in [0.5, 0.6) is 0 Å². The van der Waals surface area contributed by atoms with Crippen LogP contribution in [0.1, 0.15) is 36.8 Å². The second-order valence-electron chi connectivity index (χ2n) is 5.77. The zero-order valence-electron chi connectivity index (χ0n) is 11.7. The van der Waals surface area contributed by atoms with E-state index >= 15 is 0 Å². The third-order valence-corrected chi connectivity index (χ3v) is 5.50. The SMILES string of the molecule is NNC(CCc1ccsc1)C1(c2ccccc2)CCC1. The molecule has 106 valence electrons. The molecule has 0 aliphatic heterocycles. The van der Waals surface area contributed by atoms with Gasteiger partial charge in [0.2, 0.25) is 0 Å². The number of hydrogen-bond donors (Lipinski definition) is 2. The highest BCUT2D eigenvalue weighted by atomic mass is 32.1. The number of aryl methyl sites for hydroxylation is 1. The fourth-order valence-corrected chi connectivity index (χ4v) is 4.13. The molecule has 1 fully saturated rings. The van der Waals surface area contributed by atoms with Gasteiger partial charge >= 0.3 is 0 Å². The van der Waals surface area contributed by atoms with Gasteiger partial charge in [0.25, 0.3) is 0 Å². The molecule has 0 spiro atoms. The summed E-state index contributed by atoms with van der Waals surface area (Å²) in [6.45, 7) is 0. The minimum absolute atomic E-state index is 0.242. The molecule has 1 aromatic carbocycles. The monoisotopic (exact) mass is 286 g/mol. The van der Waals surface area contributed by atoms with Gasteiger partial charge in [0.15, 0.2) is 0 Å². The van der Waals surface area contributed by atoms with Crippen molar-refractivity contribution in [3.8, 4) is 0 Å². The summed E-state index contributed by atoms with van der Waals surface area (Å²) in [6.07, 6.45) is 6.01. The summed E-state index contributed by atoms with van der Waals surface area (Å²) in [5, 5.41) is 4.39. The van der Waals surface area contributed by atoms with Gasteiger partial charge in [0.1, 0.15) is 0 Å². The van der Waals surface area contributed by atoms with Crippen LogP contribution in [-0.2, 0) is 11.8 Å². The van der Waals surface area contributed by atoms with E-state index in [1.807, 2.05) is 0 Å². The molecule has 3 heteroatoms. The molecule has 1 aromatic heterocycles. The van der Waals surface area contributed by atoms with E-state index in [2.05, 4.69) is 52.6 Å². The van der Waals surface area contributed by atoms with Gasteiger partial charge < -0.3 is 0 Å². The lowest BCUT2D eigenvalue weighted by Crippen LogP contribution is -2.55. The Hall–Kier alpha value is -1.16. The van der Waals surface area contributed by atoms with Crippen molar-refractivity contribution < 1.29 is 0 Å². The maximum Gasteiger partial charge on any atom is 0.0310 e. The molecule has 0 bridgehead atoms. The van der Waals surface area contributed by atoms with Crippen molar-refractivity contribution in [2.24, 2.45) is 5.84 Å². The van der Waals surface area contributed by atoms with Gasteiger partial charge in [0, 0.05) is 11.5 Å². The van der Waals surface area contributed by atoms with Crippen LogP contribution in [0.25, 0.3) is 0 Å². The first kappa shape index (κ1) is 13.8. The lowest BCUT2D eigenvalue weighted by molar-refractivity contribution is 0.162. The molecular formula is C17H22N2S. The molecule has 1 heterocycles. The van der Waals surface area contributed by atoms with E-state index in [0.717, 1.165) is 12.8 Å². The Morgan fingerprint density at radius 3 is 2.55 bits per heavy atom. The van der Waals surface area contributed by atoms with Gasteiger partial charge in [-0.1, -0.05) is 36.8 Å². The van der Waals surface area contributed by atoms with Crippen LogP contribution in [0.4, 0.5) is 0 Å². The number of benzene rings is 1. The fraction of sp³-hybridized carbons (Fsp3) is 0.412. The van der Waals surface area contributed by atoms with Crippen molar-refractivity contribution in [2.75, 3.05) is 0 Å². The van der Waals surface area contributed by atoms with Gasteiger partial charge in [-0.25, -0.2) is 0 Å². The highest BCUT2D eigenvalue weighted by Gasteiger charge is 2.44. The van der Waals surface area contributed by atoms with E-state index < -0.39 is 0 Å². The molecule has 3 rings (SSSR count). The summed E-state index contributed by atoms with van der Waals surface area (Å²) in [5.41, 5.74) is 6.22. The van der Waals surface area contributed by atoms with E-state index in [0.29, 0.717) is 6.04 Å². The lowest BCUT2D eigenvalue weighted by atomic mass is 9.59. The number of nitrogens with one attached hydrogen (secondary N) is 1. The second kappa shape index (κ2) is 6.08. The quantitative estimate of drug-likeness (QED) is 0.628. The summed E-state index contributed by atoms with van der Waals surface area (Å²) in [6, 6.07) is 13.5. The van der Waals surface area contributed by atoms with Crippen molar-refractivity contribution >= 4 is 11.3 Å². The summed E-state index contributed by atoms with van der Waals surface area (Å²) in [5.74, 6) is 5.90. The average Bonchev–Trinajstić information content (AvgIpc) is 2.95. The smallest absolute Gasteiger partial charge is 0.0310 e. The first-order chi connectivity index (χ1) is 9.85. The van der Waals surface area contributed by atoms with Crippen molar-refractivity contribution in [2.45, 2.75) is 43.6 Å². The normalized spacial score (nSPS) is 18.4. The Balaban J connectivity index is 1.76. The van der Waals surface area contributed by atoms with Gasteiger partial charge in [-0.05, 0) is 53.6 Å². The maximum absolute atomic E-state index is 5.90. The molecule has 0 radical (unpaired) electrons. The topological polar surface area (TPSA) is 38.0 Å². The molecule has 2 aromatic rings. The minimum Gasteiger partial charge on any atom is -0.271 e. The average molecular weight is 286 g/mol. The van der Waals surface area contributed by atoms with Crippen LogP contribution in [0.15, 0.2) is 47.2 Å². The number of hydrogen-bond acceptors (Lipinski definition) is 3. The van der Waals surface area contributed by atoms with Crippen LogP contribution >= 0.6 is 11.3 Å². The zero-order chi connectivity index (χ0) is 13.8. The molecule has 3 N–H and O–H groups in total. The van der Waals surface area contributed by atoms with Gasteiger partial charge in [-0.2, -0.15) is 11.3 Å². The van der Waals surface area contributed by atoms with Crippen LogP contribution in [0, 0.1) is 0 Å². The standard InChI is InChI=1S/C17H22N2S/c18-19-16(8-7-14-9-12-20-13-14)17(10-4-11-17)15-5-2-1-3-6-15/h1-3,5-6,9,12-13,16,19H,4,7-8,10-11,18H2. The number of hydrazine groups is 1. The molecule has 2 nitrogen and oxygen atoms in total.